The van der Waals surface area contributed by atoms with Gasteiger partial charge in [0.05, 0.1) is 0 Å². The van der Waals surface area contributed by atoms with Crippen molar-refractivity contribution in [3.63, 3.8) is 0 Å². The van der Waals surface area contributed by atoms with E-state index in [1.807, 2.05) is 36.4 Å². The fourth-order valence-electron chi connectivity index (χ4n) is 4.24. The van der Waals surface area contributed by atoms with Crippen LogP contribution in [0.3, 0.4) is 0 Å². The molecule has 27 heavy (non-hydrogen) atoms. The first-order chi connectivity index (χ1) is 13.4. The lowest BCUT2D eigenvalue weighted by molar-refractivity contribution is 0.487. The molecule has 0 aliphatic carbocycles. The Kier molecular flexibility index (Phi) is 3.00. The van der Waals surface area contributed by atoms with Gasteiger partial charge in [0.25, 0.3) is 6.71 Å². The predicted molar refractivity (Wildman–Crippen MR) is 111 cm³/mol. The van der Waals surface area contributed by atoms with Crippen molar-refractivity contribution < 1.29 is 9.15 Å². The summed E-state index contributed by atoms with van der Waals surface area (Å²) >= 11 is 0. The first-order valence-corrected chi connectivity index (χ1v) is 9.16. The van der Waals surface area contributed by atoms with Crippen molar-refractivity contribution in [2.45, 2.75) is 0 Å². The molecule has 5 aromatic rings. The maximum atomic E-state index is 6.33. The van der Waals surface area contributed by atoms with Gasteiger partial charge < -0.3 is 9.15 Å². The SMILES string of the molecule is c1ccc2c(c1)Oc1ccccc1B2c1cccc2c1oc1ccccc12. The van der Waals surface area contributed by atoms with Crippen LogP contribution in [0.25, 0.3) is 21.9 Å². The normalized spacial score (nSPS) is 12.7. The van der Waals surface area contributed by atoms with Crippen LogP contribution in [0.5, 0.6) is 11.5 Å². The van der Waals surface area contributed by atoms with Gasteiger partial charge in [-0.1, -0.05) is 72.8 Å². The van der Waals surface area contributed by atoms with E-state index in [9.17, 15) is 0 Å². The number of rotatable bonds is 1. The maximum Gasteiger partial charge on any atom is 0.255 e. The Morgan fingerprint density at radius 3 is 1.89 bits per heavy atom. The van der Waals surface area contributed by atoms with E-state index < -0.39 is 0 Å². The highest BCUT2D eigenvalue weighted by atomic mass is 16.5. The van der Waals surface area contributed by atoms with Crippen LogP contribution in [0, 0.1) is 0 Å². The number of para-hydroxylation sites is 4. The molecular weight excluding hydrogens is 331 g/mol. The van der Waals surface area contributed by atoms with E-state index in [4.69, 9.17) is 9.15 Å². The standard InChI is InChI=1S/C24H15BO2/c1-4-13-21-16(8-1)17-9-7-12-20(24(17)27-21)25-18-10-2-5-14-22(18)26-23-15-6-3-11-19(23)25/h1-15H. The van der Waals surface area contributed by atoms with Gasteiger partial charge in [-0.3, -0.25) is 0 Å². The van der Waals surface area contributed by atoms with Crippen molar-refractivity contribution in [1.82, 2.24) is 0 Å². The molecular formula is C24H15BO2. The second-order valence-corrected chi connectivity index (χ2v) is 6.93. The van der Waals surface area contributed by atoms with E-state index in [2.05, 4.69) is 54.6 Å². The van der Waals surface area contributed by atoms with Crippen molar-refractivity contribution in [3.8, 4) is 11.5 Å². The molecule has 0 spiro atoms. The zero-order valence-corrected chi connectivity index (χ0v) is 14.6. The van der Waals surface area contributed by atoms with Crippen LogP contribution in [0.4, 0.5) is 0 Å². The Labute approximate surface area is 157 Å². The van der Waals surface area contributed by atoms with Crippen molar-refractivity contribution in [3.05, 3.63) is 91.0 Å². The highest BCUT2D eigenvalue weighted by Crippen LogP contribution is 2.29. The topological polar surface area (TPSA) is 22.4 Å². The largest absolute Gasteiger partial charge is 0.458 e. The lowest BCUT2D eigenvalue weighted by Crippen LogP contribution is -2.54. The van der Waals surface area contributed by atoms with Gasteiger partial charge in [0, 0.05) is 10.8 Å². The second-order valence-electron chi connectivity index (χ2n) is 6.93. The first kappa shape index (κ1) is 14.7. The van der Waals surface area contributed by atoms with E-state index in [0.717, 1.165) is 33.4 Å². The van der Waals surface area contributed by atoms with Gasteiger partial charge in [0.2, 0.25) is 0 Å². The summed E-state index contributed by atoms with van der Waals surface area (Å²) in [7, 11) is 0. The summed E-state index contributed by atoms with van der Waals surface area (Å²) in [5.41, 5.74) is 5.39. The van der Waals surface area contributed by atoms with Crippen LogP contribution in [-0.4, -0.2) is 6.71 Å². The van der Waals surface area contributed by atoms with Gasteiger partial charge in [-0.25, -0.2) is 0 Å². The van der Waals surface area contributed by atoms with Crippen molar-refractivity contribution >= 4 is 45.0 Å². The molecule has 0 bridgehead atoms. The van der Waals surface area contributed by atoms with Crippen LogP contribution >= 0.6 is 0 Å². The summed E-state index contributed by atoms with van der Waals surface area (Å²) in [6.07, 6.45) is 0. The quantitative estimate of drug-likeness (QED) is 0.416. The number of furan rings is 1. The van der Waals surface area contributed by atoms with E-state index in [1.165, 1.54) is 16.4 Å². The molecule has 1 aromatic heterocycles. The Hall–Kier alpha value is -3.46. The third-order valence-corrected chi connectivity index (χ3v) is 5.43. The molecule has 4 aromatic carbocycles. The van der Waals surface area contributed by atoms with E-state index in [1.54, 1.807) is 0 Å². The molecule has 0 radical (unpaired) electrons. The van der Waals surface area contributed by atoms with E-state index in [0.29, 0.717) is 0 Å². The van der Waals surface area contributed by atoms with Gasteiger partial charge in [-0.15, -0.1) is 0 Å². The average molecular weight is 346 g/mol. The molecule has 0 unspecified atom stereocenters. The molecule has 0 amide bonds. The molecule has 6 rings (SSSR count). The minimum Gasteiger partial charge on any atom is -0.458 e. The number of hydrogen-bond acceptors (Lipinski definition) is 2. The highest BCUT2D eigenvalue weighted by molar-refractivity contribution is 6.98. The maximum absolute atomic E-state index is 6.33. The zero-order valence-electron chi connectivity index (χ0n) is 14.6. The Morgan fingerprint density at radius 2 is 1.11 bits per heavy atom. The molecule has 3 heteroatoms. The van der Waals surface area contributed by atoms with Crippen LogP contribution in [-0.2, 0) is 0 Å². The van der Waals surface area contributed by atoms with Crippen LogP contribution in [0.2, 0.25) is 0 Å². The molecule has 0 saturated heterocycles. The summed E-state index contributed by atoms with van der Waals surface area (Å²) in [5.74, 6) is 1.82. The fraction of sp³-hybridized carbons (Fsp3) is 0. The molecule has 0 atom stereocenters. The van der Waals surface area contributed by atoms with Gasteiger partial charge in [-0.2, -0.15) is 0 Å². The molecule has 1 aliphatic rings. The highest BCUT2D eigenvalue weighted by Gasteiger charge is 2.33. The molecule has 0 saturated carbocycles. The Bertz CT molecular complexity index is 1270. The Balaban J connectivity index is 1.70. The monoisotopic (exact) mass is 346 g/mol. The molecule has 2 heterocycles. The smallest absolute Gasteiger partial charge is 0.255 e. The van der Waals surface area contributed by atoms with Gasteiger partial charge in [0.15, 0.2) is 0 Å². The van der Waals surface area contributed by atoms with Crippen LogP contribution in [0.15, 0.2) is 95.4 Å². The lowest BCUT2D eigenvalue weighted by Gasteiger charge is -2.26. The first-order valence-electron chi connectivity index (χ1n) is 9.16. The summed E-state index contributed by atoms with van der Waals surface area (Å²) in [5, 5.41) is 2.31. The number of benzene rings is 4. The molecule has 2 nitrogen and oxygen atoms in total. The number of hydrogen-bond donors (Lipinski definition) is 0. The third kappa shape index (κ3) is 2.09. The predicted octanol–water partition coefficient (Wildman–Crippen LogP) is 4.21. The van der Waals surface area contributed by atoms with Crippen LogP contribution < -0.4 is 21.1 Å². The average Bonchev–Trinajstić information content (AvgIpc) is 3.11. The summed E-state index contributed by atoms with van der Waals surface area (Å²) < 4.78 is 12.5. The zero-order chi connectivity index (χ0) is 17.8. The molecule has 1 aliphatic heterocycles. The molecule has 0 N–H and O–H groups in total. The van der Waals surface area contributed by atoms with Crippen molar-refractivity contribution in [1.29, 1.82) is 0 Å². The molecule has 126 valence electrons. The minimum atomic E-state index is 0.0791. The number of fused-ring (bicyclic) bond motifs is 5. The fourth-order valence-corrected chi connectivity index (χ4v) is 4.24. The van der Waals surface area contributed by atoms with Gasteiger partial charge in [0.1, 0.15) is 22.7 Å². The Morgan fingerprint density at radius 1 is 0.519 bits per heavy atom. The van der Waals surface area contributed by atoms with Gasteiger partial charge in [-0.05, 0) is 34.6 Å². The van der Waals surface area contributed by atoms with Crippen LogP contribution in [0.1, 0.15) is 0 Å². The lowest BCUT2D eigenvalue weighted by atomic mass is 9.35. The van der Waals surface area contributed by atoms with E-state index >= 15 is 0 Å². The summed E-state index contributed by atoms with van der Waals surface area (Å²) in [6, 6.07) is 31.2. The van der Waals surface area contributed by atoms with Crippen molar-refractivity contribution in [2.75, 3.05) is 0 Å². The third-order valence-electron chi connectivity index (χ3n) is 5.43. The van der Waals surface area contributed by atoms with E-state index in [-0.39, 0.29) is 6.71 Å². The minimum absolute atomic E-state index is 0.0791. The summed E-state index contributed by atoms with van der Waals surface area (Å²) in [6.45, 7) is 0.0791. The van der Waals surface area contributed by atoms with Gasteiger partial charge >= 0.3 is 0 Å². The second kappa shape index (κ2) is 5.52. The number of ether oxygens (including phenoxy) is 1. The molecule has 0 fully saturated rings. The van der Waals surface area contributed by atoms with Crippen molar-refractivity contribution in [2.24, 2.45) is 0 Å². The summed E-state index contributed by atoms with van der Waals surface area (Å²) in [4.78, 5) is 0.